The molecule has 0 aliphatic carbocycles. The number of hydrogen-bond donors (Lipinski definition) is 1. The van der Waals surface area contributed by atoms with E-state index >= 15 is 0 Å². The molecule has 0 aromatic heterocycles. The van der Waals surface area contributed by atoms with Crippen molar-refractivity contribution in [1.82, 2.24) is 4.90 Å². The second kappa shape index (κ2) is 8.89. The highest BCUT2D eigenvalue weighted by Gasteiger charge is 2.15. The predicted octanol–water partition coefficient (Wildman–Crippen LogP) is 4.96. The summed E-state index contributed by atoms with van der Waals surface area (Å²) in [5.41, 5.74) is 4.09. The summed E-state index contributed by atoms with van der Waals surface area (Å²) in [5, 5.41) is 3.54. The van der Waals surface area contributed by atoms with E-state index in [0.29, 0.717) is 0 Å². The van der Waals surface area contributed by atoms with E-state index in [1.54, 1.807) is 0 Å². The fourth-order valence-electron chi connectivity index (χ4n) is 3.59. The lowest BCUT2D eigenvalue weighted by atomic mass is 10.00. The molecular formula is C22H30N2. The fraction of sp³-hybridized carbons (Fsp3) is 0.455. The lowest BCUT2D eigenvalue weighted by Crippen LogP contribution is -2.33. The van der Waals surface area contributed by atoms with Crippen molar-refractivity contribution in [2.45, 2.75) is 39.2 Å². The lowest BCUT2D eigenvalue weighted by Gasteiger charge is -2.30. The smallest absolute Gasteiger partial charge is 0.0340 e. The minimum Gasteiger partial charge on any atom is -0.385 e. The van der Waals surface area contributed by atoms with Crippen LogP contribution in [0, 0.1) is 5.92 Å². The average Bonchev–Trinajstić information content (AvgIpc) is 2.61. The van der Waals surface area contributed by atoms with E-state index in [4.69, 9.17) is 0 Å². The molecule has 1 atom stereocenters. The molecule has 0 bridgehead atoms. The number of piperidine rings is 1. The molecule has 3 rings (SSSR count). The molecule has 1 saturated heterocycles. The van der Waals surface area contributed by atoms with Gasteiger partial charge in [0.2, 0.25) is 0 Å². The molecule has 128 valence electrons. The molecule has 1 unspecified atom stereocenters. The predicted molar refractivity (Wildman–Crippen MR) is 103 cm³/mol. The summed E-state index contributed by atoms with van der Waals surface area (Å²) in [6, 6.07) is 19.7. The van der Waals surface area contributed by atoms with Crippen LogP contribution in [0.25, 0.3) is 0 Å². The number of nitrogens with one attached hydrogen (secondary N) is 1. The minimum atomic E-state index is 0.851. The van der Waals surface area contributed by atoms with Gasteiger partial charge in [0.15, 0.2) is 0 Å². The number of rotatable bonds is 7. The van der Waals surface area contributed by atoms with Crippen molar-refractivity contribution >= 4 is 5.69 Å². The first kappa shape index (κ1) is 17.0. The van der Waals surface area contributed by atoms with Gasteiger partial charge in [-0.2, -0.15) is 0 Å². The third kappa shape index (κ3) is 5.38. The molecule has 0 spiro atoms. The Hall–Kier alpha value is -1.80. The Morgan fingerprint density at radius 3 is 2.54 bits per heavy atom. The number of hydrogen-bond acceptors (Lipinski definition) is 2. The fourth-order valence-corrected chi connectivity index (χ4v) is 3.59. The summed E-state index contributed by atoms with van der Waals surface area (Å²) in [5.74, 6) is 0.851. The van der Waals surface area contributed by atoms with E-state index in [0.717, 1.165) is 31.8 Å². The van der Waals surface area contributed by atoms with Gasteiger partial charge < -0.3 is 5.32 Å². The van der Waals surface area contributed by atoms with Gasteiger partial charge in [-0.15, -0.1) is 0 Å². The van der Waals surface area contributed by atoms with Gasteiger partial charge in [0, 0.05) is 25.3 Å². The molecule has 0 saturated carbocycles. The topological polar surface area (TPSA) is 15.3 Å². The Morgan fingerprint density at radius 2 is 1.79 bits per heavy atom. The normalized spacial score (nSPS) is 18.5. The third-order valence-corrected chi connectivity index (χ3v) is 4.92. The van der Waals surface area contributed by atoms with Crippen LogP contribution in [-0.2, 0) is 13.0 Å². The summed E-state index contributed by atoms with van der Waals surface area (Å²) in [4.78, 5) is 2.59. The van der Waals surface area contributed by atoms with Crippen LogP contribution in [0.1, 0.15) is 37.3 Å². The van der Waals surface area contributed by atoms with Crippen LogP contribution in [0.15, 0.2) is 54.6 Å². The van der Waals surface area contributed by atoms with Crippen molar-refractivity contribution in [2.75, 3.05) is 25.0 Å². The number of aryl methyl sites for hydroxylation is 1. The first-order valence-corrected chi connectivity index (χ1v) is 9.39. The first-order valence-electron chi connectivity index (χ1n) is 9.39. The van der Waals surface area contributed by atoms with Gasteiger partial charge in [0.1, 0.15) is 0 Å². The molecular weight excluding hydrogens is 292 g/mol. The second-order valence-corrected chi connectivity index (χ2v) is 7.20. The van der Waals surface area contributed by atoms with E-state index in [2.05, 4.69) is 71.7 Å². The molecule has 1 aliphatic heterocycles. The molecule has 24 heavy (non-hydrogen) atoms. The van der Waals surface area contributed by atoms with Crippen LogP contribution in [0.4, 0.5) is 5.69 Å². The highest BCUT2D eigenvalue weighted by atomic mass is 15.1. The van der Waals surface area contributed by atoms with Crippen LogP contribution in [0.2, 0.25) is 0 Å². The van der Waals surface area contributed by atoms with Gasteiger partial charge in [-0.25, -0.2) is 0 Å². The molecule has 2 aromatic rings. The van der Waals surface area contributed by atoms with E-state index in [-0.39, 0.29) is 0 Å². The Morgan fingerprint density at radius 1 is 1.00 bits per heavy atom. The van der Waals surface area contributed by atoms with Crippen molar-refractivity contribution in [2.24, 2.45) is 5.92 Å². The molecule has 2 aromatic carbocycles. The molecule has 1 N–H and O–H groups in total. The van der Waals surface area contributed by atoms with Crippen molar-refractivity contribution < 1.29 is 0 Å². The van der Waals surface area contributed by atoms with Crippen LogP contribution in [0.3, 0.4) is 0 Å². The van der Waals surface area contributed by atoms with Gasteiger partial charge in [-0.3, -0.25) is 4.90 Å². The van der Waals surface area contributed by atoms with Crippen LogP contribution >= 0.6 is 0 Å². The molecule has 2 heteroatoms. The quantitative estimate of drug-likeness (QED) is 0.725. The first-order chi connectivity index (χ1) is 11.8. The van der Waals surface area contributed by atoms with Gasteiger partial charge in [0.05, 0.1) is 0 Å². The zero-order valence-electron chi connectivity index (χ0n) is 14.9. The monoisotopic (exact) mass is 322 g/mol. The molecule has 2 nitrogen and oxygen atoms in total. The number of anilines is 1. The van der Waals surface area contributed by atoms with Crippen molar-refractivity contribution in [3.05, 3.63) is 65.7 Å². The van der Waals surface area contributed by atoms with Crippen LogP contribution in [-0.4, -0.2) is 24.5 Å². The van der Waals surface area contributed by atoms with Gasteiger partial charge in [0.25, 0.3) is 0 Å². The zero-order valence-corrected chi connectivity index (χ0v) is 14.9. The third-order valence-electron chi connectivity index (χ3n) is 4.92. The Kier molecular flexibility index (Phi) is 6.31. The summed E-state index contributed by atoms with van der Waals surface area (Å²) in [6.45, 7) is 6.99. The number of likely N-dealkylation sites (tertiary alicyclic amines) is 1. The van der Waals surface area contributed by atoms with Crippen LogP contribution < -0.4 is 5.32 Å². The van der Waals surface area contributed by atoms with Crippen molar-refractivity contribution in [3.8, 4) is 0 Å². The van der Waals surface area contributed by atoms with Gasteiger partial charge >= 0.3 is 0 Å². The van der Waals surface area contributed by atoms with E-state index in [1.807, 2.05) is 0 Å². The molecule has 1 heterocycles. The van der Waals surface area contributed by atoms with Crippen LogP contribution in [0.5, 0.6) is 0 Å². The lowest BCUT2D eigenvalue weighted by molar-refractivity contribution is 0.176. The Bertz CT molecular complexity index is 591. The van der Waals surface area contributed by atoms with Crippen molar-refractivity contribution in [3.63, 3.8) is 0 Å². The highest BCUT2D eigenvalue weighted by Crippen LogP contribution is 2.18. The minimum absolute atomic E-state index is 0.851. The Balaban J connectivity index is 1.39. The largest absolute Gasteiger partial charge is 0.385 e. The second-order valence-electron chi connectivity index (χ2n) is 7.20. The van der Waals surface area contributed by atoms with E-state index < -0.39 is 0 Å². The summed E-state index contributed by atoms with van der Waals surface area (Å²) in [6.07, 6.45) is 5.04. The van der Waals surface area contributed by atoms with E-state index in [9.17, 15) is 0 Å². The van der Waals surface area contributed by atoms with Gasteiger partial charge in [-0.1, -0.05) is 49.4 Å². The maximum Gasteiger partial charge on any atom is 0.0340 e. The van der Waals surface area contributed by atoms with E-state index in [1.165, 1.54) is 42.7 Å². The van der Waals surface area contributed by atoms with Gasteiger partial charge in [-0.05, 0) is 61.4 Å². The summed E-state index contributed by atoms with van der Waals surface area (Å²) >= 11 is 0. The molecule has 1 fully saturated rings. The number of nitrogens with zero attached hydrogens (tertiary/aromatic N) is 1. The summed E-state index contributed by atoms with van der Waals surface area (Å²) in [7, 11) is 0. The Labute approximate surface area is 146 Å². The highest BCUT2D eigenvalue weighted by molar-refractivity contribution is 5.44. The van der Waals surface area contributed by atoms with Crippen molar-refractivity contribution in [1.29, 1.82) is 0 Å². The average molecular weight is 322 g/mol. The number of benzene rings is 2. The molecule has 1 aliphatic rings. The SMILES string of the molecule is CC1CCCN(Cc2ccc(NCCCc3ccccc3)cc2)C1. The summed E-state index contributed by atoms with van der Waals surface area (Å²) < 4.78 is 0. The maximum absolute atomic E-state index is 3.54. The maximum atomic E-state index is 3.54. The molecule has 0 radical (unpaired) electrons. The zero-order chi connectivity index (χ0) is 16.6. The standard InChI is InChI=1S/C22H30N2/c1-19-7-6-16-24(17-19)18-21-11-13-22(14-12-21)23-15-5-10-20-8-3-2-4-9-20/h2-4,8-9,11-14,19,23H,5-7,10,15-18H2,1H3. The molecule has 0 amide bonds.